The van der Waals surface area contributed by atoms with E-state index in [-0.39, 0.29) is 5.54 Å². The molecule has 0 saturated heterocycles. The van der Waals surface area contributed by atoms with Crippen LogP contribution in [-0.2, 0) is 0 Å². The summed E-state index contributed by atoms with van der Waals surface area (Å²) in [5.41, 5.74) is 7.88. The smallest absolute Gasteiger partial charge is 0.148 e. The minimum atomic E-state index is 0.0496. The van der Waals surface area contributed by atoms with Gasteiger partial charge in [-0.2, -0.15) is 4.37 Å². The molecule has 0 aromatic carbocycles. The molecule has 2 aromatic heterocycles. The van der Waals surface area contributed by atoms with Crippen LogP contribution in [0.15, 0.2) is 5.38 Å². The largest absolute Gasteiger partial charge is 0.382 e. The Bertz CT molecular complexity index is 585. The fraction of sp³-hybridized carbons (Fsp3) is 0.538. The number of nitrogen functional groups attached to an aromatic ring is 1. The molecule has 3 N–H and O–H groups in total. The average Bonchev–Trinajstić information content (AvgIpc) is 2.93. The van der Waals surface area contributed by atoms with Gasteiger partial charge in [-0.05, 0) is 46.4 Å². The lowest BCUT2D eigenvalue weighted by Gasteiger charge is -2.32. The van der Waals surface area contributed by atoms with Crippen LogP contribution in [0.25, 0.3) is 11.3 Å². The fourth-order valence-electron chi connectivity index (χ4n) is 1.60. The number of aromatic nitrogens is 2. The number of nitrogens with one attached hydrogen (secondary N) is 1. The number of hydrogen-bond acceptors (Lipinski definition) is 7. The Hall–Kier alpha value is -1.18. The molecule has 0 amide bonds. The van der Waals surface area contributed by atoms with E-state index in [1.807, 2.05) is 12.3 Å². The van der Waals surface area contributed by atoms with E-state index in [1.165, 1.54) is 11.5 Å². The molecule has 0 spiro atoms. The number of likely N-dealkylation sites (N-methyl/N-ethyl adjacent to an activating group) is 1. The van der Waals surface area contributed by atoms with Crippen molar-refractivity contribution < 1.29 is 0 Å². The van der Waals surface area contributed by atoms with Crippen molar-refractivity contribution in [1.82, 2.24) is 14.3 Å². The van der Waals surface area contributed by atoms with E-state index < -0.39 is 0 Å². The molecule has 2 rings (SSSR count). The van der Waals surface area contributed by atoms with Gasteiger partial charge in [-0.25, -0.2) is 4.98 Å². The number of rotatable bonds is 5. The monoisotopic (exact) mass is 311 g/mol. The van der Waals surface area contributed by atoms with Gasteiger partial charge in [0.1, 0.15) is 10.8 Å². The van der Waals surface area contributed by atoms with Crippen molar-refractivity contribution in [2.45, 2.75) is 26.3 Å². The second-order valence-electron chi connectivity index (χ2n) is 5.58. The number of nitrogens with two attached hydrogens (primary N) is 1. The van der Waals surface area contributed by atoms with Crippen LogP contribution in [-0.4, -0.2) is 40.4 Å². The second kappa shape index (κ2) is 5.67. The first-order valence-electron chi connectivity index (χ1n) is 6.40. The number of nitrogens with zero attached hydrogens (tertiary/aromatic N) is 3. The van der Waals surface area contributed by atoms with E-state index in [4.69, 9.17) is 5.73 Å². The van der Waals surface area contributed by atoms with Gasteiger partial charge in [0, 0.05) is 17.5 Å². The van der Waals surface area contributed by atoms with Gasteiger partial charge in [0.25, 0.3) is 0 Å². The lowest BCUT2D eigenvalue weighted by atomic mass is 10.0. The molecule has 0 aliphatic carbocycles. The van der Waals surface area contributed by atoms with Crippen molar-refractivity contribution in [2.75, 3.05) is 31.7 Å². The summed E-state index contributed by atoms with van der Waals surface area (Å²) in [6, 6.07) is 0. The minimum absolute atomic E-state index is 0.0496. The number of thiazole rings is 1. The highest BCUT2D eigenvalue weighted by Gasteiger charge is 2.22. The first-order valence-corrected chi connectivity index (χ1v) is 8.05. The van der Waals surface area contributed by atoms with E-state index in [1.54, 1.807) is 11.3 Å². The van der Waals surface area contributed by atoms with Crippen LogP contribution >= 0.6 is 22.9 Å². The van der Waals surface area contributed by atoms with Crippen molar-refractivity contribution in [3.8, 4) is 11.3 Å². The van der Waals surface area contributed by atoms with Gasteiger partial charge in [-0.1, -0.05) is 0 Å². The normalized spacial score (nSPS) is 12.1. The van der Waals surface area contributed by atoms with Crippen molar-refractivity contribution in [3.05, 3.63) is 10.4 Å². The highest BCUT2D eigenvalue weighted by Crippen LogP contribution is 2.37. The Morgan fingerprint density at radius 2 is 2.10 bits per heavy atom. The molecule has 2 heterocycles. The highest BCUT2D eigenvalue weighted by molar-refractivity contribution is 7.11. The second-order valence-corrected chi connectivity index (χ2v) is 7.42. The van der Waals surface area contributed by atoms with Crippen LogP contribution in [0.3, 0.4) is 0 Å². The van der Waals surface area contributed by atoms with Crippen LogP contribution in [0.2, 0.25) is 0 Å². The predicted octanol–water partition coefficient (Wildman–Crippen LogP) is 2.91. The average molecular weight is 311 g/mol. The maximum Gasteiger partial charge on any atom is 0.148 e. The van der Waals surface area contributed by atoms with Gasteiger partial charge < -0.3 is 16.0 Å². The number of aryl methyl sites for hydroxylation is 1. The van der Waals surface area contributed by atoms with Crippen molar-refractivity contribution in [3.63, 3.8) is 0 Å². The minimum Gasteiger partial charge on any atom is -0.382 e. The third kappa shape index (κ3) is 3.11. The predicted molar refractivity (Wildman–Crippen MR) is 88.6 cm³/mol. The molecule has 0 saturated carbocycles. The summed E-state index contributed by atoms with van der Waals surface area (Å²) >= 11 is 3.02. The Balaban J connectivity index is 2.22. The van der Waals surface area contributed by atoms with Gasteiger partial charge >= 0.3 is 0 Å². The fourth-order valence-corrected chi connectivity index (χ4v) is 2.93. The molecular formula is C13H21N5S2. The molecule has 0 radical (unpaired) electrons. The summed E-state index contributed by atoms with van der Waals surface area (Å²) in [5, 5.41) is 7.51. The Morgan fingerprint density at radius 1 is 1.40 bits per heavy atom. The molecule has 0 aliphatic heterocycles. The zero-order valence-corrected chi connectivity index (χ0v) is 14.2. The molecule has 5 nitrogen and oxygen atoms in total. The van der Waals surface area contributed by atoms with E-state index in [2.05, 4.69) is 47.5 Å². The maximum atomic E-state index is 6.00. The summed E-state index contributed by atoms with van der Waals surface area (Å²) in [4.78, 5) is 6.70. The maximum absolute atomic E-state index is 6.00. The summed E-state index contributed by atoms with van der Waals surface area (Å²) in [7, 11) is 4.15. The Kier molecular flexibility index (Phi) is 4.31. The standard InChI is InChI=1S/C13H21N5S2/c1-8-16-9(6-19-8)10-11(14)17-20-12(10)15-7-13(2,3)18(4)5/h6,15H,7H2,1-5H3,(H2,14,17). The third-order valence-corrected chi connectivity index (χ3v) is 5.08. The first-order chi connectivity index (χ1) is 9.31. The highest BCUT2D eigenvalue weighted by atomic mass is 32.1. The SMILES string of the molecule is Cc1nc(-c2c(N)nsc2NCC(C)(C)N(C)C)cs1. The van der Waals surface area contributed by atoms with Gasteiger partial charge in [-0.15, -0.1) is 11.3 Å². The quantitative estimate of drug-likeness (QED) is 0.888. The van der Waals surface area contributed by atoms with Gasteiger partial charge in [0.2, 0.25) is 0 Å². The van der Waals surface area contributed by atoms with Crippen LogP contribution < -0.4 is 11.1 Å². The molecule has 2 aromatic rings. The van der Waals surface area contributed by atoms with Crippen molar-refractivity contribution in [1.29, 1.82) is 0 Å². The molecule has 20 heavy (non-hydrogen) atoms. The molecular weight excluding hydrogens is 290 g/mol. The third-order valence-electron chi connectivity index (χ3n) is 3.49. The first kappa shape index (κ1) is 15.2. The van der Waals surface area contributed by atoms with Crippen molar-refractivity contribution in [2.24, 2.45) is 0 Å². The number of hydrogen-bond donors (Lipinski definition) is 2. The lowest BCUT2D eigenvalue weighted by molar-refractivity contribution is 0.210. The molecule has 0 atom stereocenters. The summed E-state index contributed by atoms with van der Waals surface area (Å²) in [5.74, 6) is 0.547. The van der Waals surface area contributed by atoms with E-state index in [0.29, 0.717) is 5.82 Å². The molecule has 110 valence electrons. The van der Waals surface area contributed by atoms with Crippen LogP contribution in [0.4, 0.5) is 10.8 Å². The van der Waals surface area contributed by atoms with Crippen LogP contribution in [0.5, 0.6) is 0 Å². The van der Waals surface area contributed by atoms with Crippen LogP contribution in [0.1, 0.15) is 18.9 Å². The summed E-state index contributed by atoms with van der Waals surface area (Å²) in [6.07, 6.45) is 0. The van der Waals surface area contributed by atoms with Gasteiger partial charge in [0.05, 0.1) is 16.3 Å². The molecule has 0 unspecified atom stereocenters. The van der Waals surface area contributed by atoms with E-state index in [0.717, 1.165) is 27.8 Å². The molecule has 0 fully saturated rings. The van der Waals surface area contributed by atoms with E-state index in [9.17, 15) is 0 Å². The number of anilines is 2. The molecule has 0 bridgehead atoms. The summed E-state index contributed by atoms with van der Waals surface area (Å²) < 4.78 is 4.26. The van der Waals surface area contributed by atoms with Crippen LogP contribution in [0, 0.1) is 6.92 Å². The summed E-state index contributed by atoms with van der Waals surface area (Å²) in [6.45, 7) is 7.19. The molecule has 0 aliphatic rings. The lowest BCUT2D eigenvalue weighted by Crippen LogP contribution is -2.44. The zero-order chi connectivity index (χ0) is 14.9. The van der Waals surface area contributed by atoms with Gasteiger partial charge in [0.15, 0.2) is 0 Å². The Labute approximate surface area is 128 Å². The van der Waals surface area contributed by atoms with E-state index >= 15 is 0 Å². The Morgan fingerprint density at radius 3 is 2.65 bits per heavy atom. The van der Waals surface area contributed by atoms with Gasteiger partial charge in [-0.3, -0.25) is 0 Å². The van der Waals surface area contributed by atoms with Crippen molar-refractivity contribution >= 4 is 33.7 Å². The molecule has 7 heteroatoms. The topological polar surface area (TPSA) is 67.1 Å². The zero-order valence-electron chi connectivity index (χ0n) is 12.5.